The fraction of sp³-hybridized carbons (Fsp3) is 0.125. The summed E-state index contributed by atoms with van der Waals surface area (Å²) in [6.07, 6.45) is -3.03. The zero-order chi connectivity index (χ0) is 14.6. The van der Waals surface area contributed by atoms with Crippen molar-refractivity contribution < 1.29 is 17.9 Å². The Labute approximate surface area is 115 Å². The first kappa shape index (κ1) is 14.2. The van der Waals surface area contributed by atoms with Gasteiger partial charge in [0, 0.05) is 0 Å². The zero-order valence-corrected chi connectivity index (χ0v) is 10.7. The average molecular weight is 278 g/mol. The minimum absolute atomic E-state index is 0.179. The van der Waals surface area contributed by atoms with E-state index in [4.69, 9.17) is 4.74 Å². The van der Waals surface area contributed by atoms with Gasteiger partial charge in [0.2, 0.25) is 0 Å². The van der Waals surface area contributed by atoms with Gasteiger partial charge >= 0.3 is 6.18 Å². The van der Waals surface area contributed by atoms with Crippen LogP contribution in [0.4, 0.5) is 13.2 Å². The van der Waals surface area contributed by atoms with Crippen LogP contribution in [0.5, 0.6) is 5.75 Å². The van der Waals surface area contributed by atoms with Crippen molar-refractivity contribution in [1.29, 1.82) is 0 Å². The maximum Gasteiger partial charge on any atom is 0.416 e. The molecule has 0 radical (unpaired) electrons. The van der Waals surface area contributed by atoms with Crippen molar-refractivity contribution >= 4 is 6.08 Å². The molecule has 0 atom stereocenters. The number of benzene rings is 2. The van der Waals surface area contributed by atoms with Crippen LogP contribution in [0, 0.1) is 0 Å². The molecule has 0 bridgehead atoms. The van der Waals surface area contributed by atoms with Crippen LogP contribution < -0.4 is 4.74 Å². The van der Waals surface area contributed by atoms with E-state index < -0.39 is 11.7 Å². The molecule has 0 saturated heterocycles. The number of rotatable bonds is 4. The van der Waals surface area contributed by atoms with Crippen molar-refractivity contribution in [3.05, 3.63) is 71.8 Å². The van der Waals surface area contributed by atoms with Gasteiger partial charge in [-0.05, 0) is 29.3 Å². The highest BCUT2D eigenvalue weighted by molar-refractivity contribution is 5.52. The van der Waals surface area contributed by atoms with Crippen LogP contribution >= 0.6 is 0 Å². The average Bonchev–Trinajstić information content (AvgIpc) is 2.45. The van der Waals surface area contributed by atoms with E-state index in [2.05, 4.69) is 6.58 Å². The third kappa shape index (κ3) is 3.63. The van der Waals surface area contributed by atoms with E-state index in [1.54, 1.807) is 0 Å². The minimum Gasteiger partial charge on any atom is -0.489 e. The summed E-state index contributed by atoms with van der Waals surface area (Å²) in [5.41, 5.74) is 0.533. The van der Waals surface area contributed by atoms with E-state index in [1.807, 2.05) is 30.3 Å². The van der Waals surface area contributed by atoms with Gasteiger partial charge < -0.3 is 4.74 Å². The molecule has 0 aliphatic rings. The first-order valence-corrected chi connectivity index (χ1v) is 6.00. The predicted octanol–water partition coefficient (Wildman–Crippen LogP) is 4.93. The molecule has 0 N–H and O–H groups in total. The quantitative estimate of drug-likeness (QED) is 0.770. The molecule has 1 nitrogen and oxygen atoms in total. The largest absolute Gasteiger partial charge is 0.489 e. The van der Waals surface area contributed by atoms with Crippen LogP contribution in [0.3, 0.4) is 0 Å². The first-order valence-electron chi connectivity index (χ1n) is 6.00. The molecule has 0 aliphatic carbocycles. The van der Waals surface area contributed by atoms with Gasteiger partial charge in [0.25, 0.3) is 0 Å². The number of hydrogen-bond donors (Lipinski definition) is 0. The minimum atomic E-state index is -4.40. The molecule has 2 rings (SSSR count). The van der Waals surface area contributed by atoms with Gasteiger partial charge in [0.1, 0.15) is 12.4 Å². The zero-order valence-electron chi connectivity index (χ0n) is 10.7. The standard InChI is InChI=1S/C16H13F3O/c1-2-12-8-14(16(17,18)19)10-15(9-12)20-11-13-6-4-3-5-7-13/h2-10H,1,11H2. The Morgan fingerprint density at radius 2 is 1.75 bits per heavy atom. The highest BCUT2D eigenvalue weighted by Crippen LogP contribution is 2.33. The molecule has 0 aromatic heterocycles. The van der Waals surface area contributed by atoms with Crippen LogP contribution in [0.25, 0.3) is 6.08 Å². The molecule has 104 valence electrons. The Balaban J connectivity index is 2.21. The fourth-order valence-corrected chi connectivity index (χ4v) is 1.73. The molecule has 0 unspecified atom stereocenters. The summed E-state index contributed by atoms with van der Waals surface area (Å²) in [4.78, 5) is 0. The summed E-state index contributed by atoms with van der Waals surface area (Å²) in [7, 11) is 0. The van der Waals surface area contributed by atoms with Gasteiger partial charge in [-0.3, -0.25) is 0 Å². The molecule has 2 aromatic rings. The molecule has 0 amide bonds. The van der Waals surface area contributed by atoms with Gasteiger partial charge in [-0.2, -0.15) is 13.2 Å². The summed E-state index contributed by atoms with van der Waals surface area (Å²) in [6.45, 7) is 3.71. The monoisotopic (exact) mass is 278 g/mol. The highest BCUT2D eigenvalue weighted by atomic mass is 19.4. The van der Waals surface area contributed by atoms with E-state index in [0.29, 0.717) is 5.56 Å². The van der Waals surface area contributed by atoms with Crippen LogP contribution in [0.1, 0.15) is 16.7 Å². The number of ether oxygens (including phenoxy) is 1. The lowest BCUT2D eigenvalue weighted by molar-refractivity contribution is -0.137. The maximum absolute atomic E-state index is 12.8. The molecular weight excluding hydrogens is 265 g/mol. The second-order valence-corrected chi connectivity index (χ2v) is 4.27. The van der Waals surface area contributed by atoms with Gasteiger partial charge in [-0.1, -0.05) is 43.0 Å². The first-order chi connectivity index (χ1) is 9.49. The summed E-state index contributed by atoms with van der Waals surface area (Å²) in [6, 6.07) is 12.8. The highest BCUT2D eigenvalue weighted by Gasteiger charge is 2.31. The van der Waals surface area contributed by atoms with Gasteiger partial charge in [0.05, 0.1) is 5.56 Å². The predicted molar refractivity (Wildman–Crippen MR) is 72.3 cm³/mol. The third-order valence-electron chi connectivity index (χ3n) is 2.74. The molecule has 0 heterocycles. The Morgan fingerprint density at radius 1 is 1.05 bits per heavy atom. The lowest BCUT2D eigenvalue weighted by Crippen LogP contribution is -2.06. The van der Waals surface area contributed by atoms with Crippen LogP contribution in [0.2, 0.25) is 0 Å². The Hall–Kier alpha value is -2.23. The smallest absolute Gasteiger partial charge is 0.416 e. The number of halogens is 3. The van der Waals surface area contributed by atoms with Crippen LogP contribution in [-0.4, -0.2) is 0 Å². The lowest BCUT2D eigenvalue weighted by atomic mass is 10.1. The number of alkyl halides is 3. The Morgan fingerprint density at radius 3 is 2.35 bits per heavy atom. The van der Waals surface area contributed by atoms with Crippen molar-refractivity contribution in [2.24, 2.45) is 0 Å². The van der Waals surface area contributed by atoms with Gasteiger partial charge in [-0.15, -0.1) is 0 Å². The molecule has 2 aromatic carbocycles. The van der Waals surface area contributed by atoms with Crippen molar-refractivity contribution in [2.75, 3.05) is 0 Å². The van der Waals surface area contributed by atoms with E-state index in [0.717, 1.165) is 17.7 Å². The molecule has 4 heteroatoms. The molecule has 0 fully saturated rings. The second-order valence-electron chi connectivity index (χ2n) is 4.27. The van der Waals surface area contributed by atoms with E-state index >= 15 is 0 Å². The summed E-state index contributed by atoms with van der Waals surface area (Å²) in [5.74, 6) is 0.179. The normalized spacial score (nSPS) is 11.2. The van der Waals surface area contributed by atoms with Crippen molar-refractivity contribution in [3.63, 3.8) is 0 Å². The summed E-state index contributed by atoms with van der Waals surface area (Å²) in [5, 5.41) is 0. The maximum atomic E-state index is 12.8. The molecule has 0 aliphatic heterocycles. The molecule has 0 saturated carbocycles. The molecule has 20 heavy (non-hydrogen) atoms. The van der Waals surface area contributed by atoms with Crippen molar-refractivity contribution in [1.82, 2.24) is 0 Å². The SMILES string of the molecule is C=Cc1cc(OCc2ccccc2)cc(C(F)(F)F)c1. The summed E-state index contributed by atoms with van der Waals surface area (Å²) >= 11 is 0. The van der Waals surface area contributed by atoms with Crippen LogP contribution in [0.15, 0.2) is 55.1 Å². The molecule has 0 spiro atoms. The molecular formula is C16H13F3O. The van der Waals surface area contributed by atoms with E-state index in [-0.39, 0.29) is 12.4 Å². The van der Waals surface area contributed by atoms with Crippen LogP contribution in [-0.2, 0) is 12.8 Å². The topological polar surface area (TPSA) is 9.23 Å². The van der Waals surface area contributed by atoms with Crippen molar-refractivity contribution in [2.45, 2.75) is 12.8 Å². The number of hydrogen-bond acceptors (Lipinski definition) is 1. The van der Waals surface area contributed by atoms with Gasteiger partial charge in [-0.25, -0.2) is 0 Å². The van der Waals surface area contributed by atoms with Gasteiger partial charge in [0.15, 0.2) is 0 Å². The van der Waals surface area contributed by atoms with Crippen molar-refractivity contribution in [3.8, 4) is 5.75 Å². The summed E-state index contributed by atoms with van der Waals surface area (Å²) < 4.78 is 43.7. The fourth-order valence-electron chi connectivity index (χ4n) is 1.73. The Bertz CT molecular complexity index is 588. The second kappa shape index (κ2) is 5.82. The lowest BCUT2D eigenvalue weighted by Gasteiger charge is -2.12. The van der Waals surface area contributed by atoms with E-state index in [1.165, 1.54) is 12.1 Å². The van der Waals surface area contributed by atoms with E-state index in [9.17, 15) is 13.2 Å². The third-order valence-corrected chi connectivity index (χ3v) is 2.74. The Kier molecular flexibility index (Phi) is 4.13.